The third-order valence-electron chi connectivity index (χ3n) is 7.35. The first-order valence-corrected chi connectivity index (χ1v) is 13.9. The van der Waals surface area contributed by atoms with E-state index in [-0.39, 0.29) is 42.7 Å². The quantitative estimate of drug-likeness (QED) is 0.529. The fourth-order valence-electron chi connectivity index (χ4n) is 5.39. The molecule has 2 aromatic rings. The smallest absolute Gasteiger partial charge is 0.306 e. The van der Waals surface area contributed by atoms with E-state index in [2.05, 4.69) is 47.5 Å². The summed E-state index contributed by atoms with van der Waals surface area (Å²) in [5.74, 6) is -0.274. The molecule has 3 heterocycles. The first-order chi connectivity index (χ1) is 17.4. The van der Waals surface area contributed by atoms with Gasteiger partial charge in [0.2, 0.25) is 11.8 Å². The highest BCUT2D eigenvalue weighted by molar-refractivity contribution is 7.10. The molecule has 2 aliphatic heterocycles. The van der Waals surface area contributed by atoms with Crippen LogP contribution in [0.1, 0.15) is 60.7 Å². The van der Waals surface area contributed by atoms with Crippen molar-refractivity contribution in [2.24, 2.45) is 0 Å². The largest absolute Gasteiger partial charge is 0.466 e. The standard InChI is InChI=1S/C28H37N3O4S/c1-4-35-26(33)11-10-25(32)29-14-7-15-30(18-17-29)28(34)21(3)31-16-12-24-23(13-19-36-24)27(31)22-9-6-5-8-20(22)2/h5-6,8-9,13,19,21,27H,4,7,10-12,14-18H2,1-3H3/t21-,27-/m0/s1. The van der Waals surface area contributed by atoms with E-state index in [1.807, 2.05) is 11.8 Å². The van der Waals surface area contributed by atoms with Gasteiger partial charge in [0.05, 0.1) is 25.1 Å². The average Bonchev–Trinajstić information content (AvgIpc) is 3.22. The molecule has 4 rings (SSSR count). The number of nitrogens with zero attached hydrogens (tertiary/aromatic N) is 3. The van der Waals surface area contributed by atoms with E-state index in [4.69, 9.17) is 4.74 Å². The lowest BCUT2D eigenvalue weighted by atomic mass is 9.89. The number of carbonyl (C=O) groups excluding carboxylic acids is 3. The second-order valence-corrected chi connectivity index (χ2v) is 10.6. The van der Waals surface area contributed by atoms with Crippen LogP contribution < -0.4 is 0 Å². The zero-order valence-corrected chi connectivity index (χ0v) is 22.4. The second kappa shape index (κ2) is 12.0. The Morgan fingerprint density at radius 3 is 2.53 bits per heavy atom. The third-order valence-corrected chi connectivity index (χ3v) is 8.35. The predicted octanol–water partition coefficient (Wildman–Crippen LogP) is 3.80. The van der Waals surface area contributed by atoms with Crippen molar-refractivity contribution in [2.75, 3.05) is 39.3 Å². The predicted molar refractivity (Wildman–Crippen MR) is 141 cm³/mol. The minimum absolute atomic E-state index is 0.0500. The van der Waals surface area contributed by atoms with Gasteiger partial charge in [-0.15, -0.1) is 11.3 Å². The molecule has 2 aliphatic rings. The van der Waals surface area contributed by atoms with E-state index in [0.717, 1.165) is 19.4 Å². The van der Waals surface area contributed by atoms with Crippen LogP contribution in [0.4, 0.5) is 0 Å². The molecule has 36 heavy (non-hydrogen) atoms. The summed E-state index contributed by atoms with van der Waals surface area (Å²) in [6.45, 7) is 9.34. The van der Waals surface area contributed by atoms with Crippen LogP contribution in [-0.2, 0) is 25.5 Å². The number of hydrogen-bond donors (Lipinski definition) is 0. The number of benzene rings is 1. The molecule has 0 unspecified atom stereocenters. The summed E-state index contributed by atoms with van der Waals surface area (Å²) in [7, 11) is 0. The maximum absolute atomic E-state index is 13.7. The van der Waals surface area contributed by atoms with Gasteiger partial charge < -0.3 is 14.5 Å². The van der Waals surface area contributed by atoms with Crippen molar-refractivity contribution in [1.29, 1.82) is 0 Å². The topological polar surface area (TPSA) is 70.2 Å². The molecule has 0 aliphatic carbocycles. The number of hydrogen-bond acceptors (Lipinski definition) is 6. The van der Waals surface area contributed by atoms with Gasteiger partial charge in [0.25, 0.3) is 0 Å². The molecule has 1 fully saturated rings. The summed E-state index contributed by atoms with van der Waals surface area (Å²) in [5, 5.41) is 2.16. The summed E-state index contributed by atoms with van der Waals surface area (Å²) >= 11 is 1.81. The maximum atomic E-state index is 13.7. The monoisotopic (exact) mass is 511 g/mol. The van der Waals surface area contributed by atoms with Gasteiger partial charge in [-0.2, -0.15) is 0 Å². The molecule has 1 saturated heterocycles. The highest BCUT2D eigenvalue weighted by Crippen LogP contribution is 2.40. The second-order valence-electron chi connectivity index (χ2n) is 9.59. The van der Waals surface area contributed by atoms with Crippen LogP contribution in [0.5, 0.6) is 0 Å². The molecule has 0 spiro atoms. The molecule has 0 bridgehead atoms. The molecule has 0 saturated carbocycles. The van der Waals surface area contributed by atoms with Crippen LogP contribution in [0.25, 0.3) is 0 Å². The molecule has 8 heteroatoms. The Morgan fingerprint density at radius 1 is 1.00 bits per heavy atom. The van der Waals surface area contributed by atoms with Crippen molar-refractivity contribution in [3.63, 3.8) is 0 Å². The number of carbonyl (C=O) groups is 3. The lowest BCUT2D eigenvalue weighted by molar-refractivity contribution is -0.145. The Kier molecular flexibility index (Phi) is 8.80. The maximum Gasteiger partial charge on any atom is 0.306 e. The van der Waals surface area contributed by atoms with E-state index in [1.165, 1.54) is 21.6 Å². The van der Waals surface area contributed by atoms with Crippen LogP contribution in [0.3, 0.4) is 0 Å². The first-order valence-electron chi connectivity index (χ1n) is 13.0. The average molecular weight is 512 g/mol. The highest BCUT2D eigenvalue weighted by Gasteiger charge is 2.37. The number of esters is 1. The number of rotatable bonds is 7. The van der Waals surface area contributed by atoms with Crippen molar-refractivity contribution < 1.29 is 19.1 Å². The van der Waals surface area contributed by atoms with Gasteiger partial charge in [0.15, 0.2) is 0 Å². The molecular formula is C28H37N3O4S. The van der Waals surface area contributed by atoms with Crippen LogP contribution in [0.15, 0.2) is 35.7 Å². The van der Waals surface area contributed by atoms with Crippen molar-refractivity contribution in [1.82, 2.24) is 14.7 Å². The Hall–Kier alpha value is -2.71. The summed E-state index contributed by atoms with van der Waals surface area (Å²) in [6, 6.07) is 10.5. The van der Waals surface area contributed by atoms with Gasteiger partial charge in [0.1, 0.15) is 0 Å². The number of thiophene rings is 1. The van der Waals surface area contributed by atoms with Gasteiger partial charge in [-0.3, -0.25) is 19.3 Å². The summed E-state index contributed by atoms with van der Waals surface area (Å²) < 4.78 is 4.93. The minimum Gasteiger partial charge on any atom is -0.466 e. The number of fused-ring (bicyclic) bond motifs is 1. The zero-order chi connectivity index (χ0) is 25.7. The Bertz CT molecular complexity index is 1080. The van der Waals surface area contributed by atoms with Gasteiger partial charge in [-0.05, 0) is 61.7 Å². The van der Waals surface area contributed by atoms with E-state index in [9.17, 15) is 14.4 Å². The molecule has 1 aromatic heterocycles. The van der Waals surface area contributed by atoms with Crippen molar-refractivity contribution in [3.05, 3.63) is 57.3 Å². The molecule has 2 amide bonds. The lowest BCUT2D eigenvalue weighted by Gasteiger charge is -2.41. The number of amides is 2. The van der Waals surface area contributed by atoms with E-state index in [0.29, 0.717) is 32.8 Å². The van der Waals surface area contributed by atoms with Crippen LogP contribution in [0.2, 0.25) is 0 Å². The normalized spacial score (nSPS) is 19.4. The fraction of sp³-hybridized carbons (Fsp3) is 0.536. The van der Waals surface area contributed by atoms with Crippen LogP contribution >= 0.6 is 11.3 Å². The van der Waals surface area contributed by atoms with Gasteiger partial charge >= 0.3 is 5.97 Å². The van der Waals surface area contributed by atoms with Crippen molar-refractivity contribution >= 4 is 29.1 Å². The summed E-state index contributed by atoms with van der Waals surface area (Å²) in [4.78, 5) is 45.5. The van der Waals surface area contributed by atoms with E-state index >= 15 is 0 Å². The van der Waals surface area contributed by atoms with E-state index < -0.39 is 0 Å². The lowest BCUT2D eigenvalue weighted by Crippen LogP contribution is -2.51. The van der Waals surface area contributed by atoms with Crippen molar-refractivity contribution in [2.45, 2.75) is 58.5 Å². The van der Waals surface area contributed by atoms with E-state index in [1.54, 1.807) is 23.2 Å². The zero-order valence-electron chi connectivity index (χ0n) is 21.6. The SMILES string of the molecule is CCOC(=O)CCC(=O)N1CCCN(C(=O)[C@H](C)N2CCc3sccc3[C@@H]2c2ccccc2C)CC1. The fourth-order valence-corrected chi connectivity index (χ4v) is 6.29. The van der Waals surface area contributed by atoms with Gasteiger partial charge in [0, 0.05) is 44.0 Å². The number of ether oxygens (including phenoxy) is 1. The van der Waals surface area contributed by atoms with Crippen LogP contribution in [0, 0.1) is 6.92 Å². The van der Waals surface area contributed by atoms with Crippen molar-refractivity contribution in [3.8, 4) is 0 Å². The molecule has 1 aromatic carbocycles. The number of aryl methyl sites for hydroxylation is 1. The Balaban J connectivity index is 1.43. The Morgan fingerprint density at radius 2 is 1.75 bits per heavy atom. The van der Waals surface area contributed by atoms with Gasteiger partial charge in [-0.1, -0.05) is 24.3 Å². The molecule has 0 radical (unpaired) electrons. The molecule has 0 N–H and O–H groups in total. The van der Waals surface area contributed by atoms with Gasteiger partial charge in [-0.25, -0.2) is 0 Å². The first kappa shape index (κ1) is 26.4. The molecule has 2 atom stereocenters. The molecule has 7 nitrogen and oxygen atoms in total. The third kappa shape index (κ3) is 5.81. The summed E-state index contributed by atoms with van der Waals surface area (Å²) in [5.41, 5.74) is 3.80. The highest BCUT2D eigenvalue weighted by atomic mass is 32.1. The Labute approximate surface area is 218 Å². The minimum atomic E-state index is -0.343. The van der Waals surface area contributed by atoms with Crippen LogP contribution in [-0.4, -0.2) is 77.9 Å². The summed E-state index contributed by atoms with van der Waals surface area (Å²) in [6.07, 6.45) is 1.94. The molecule has 194 valence electrons. The molecular weight excluding hydrogens is 474 g/mol.